The van der Waals surface area contributed by atoms with Gasteiger partial charge in [-0.05, 0) is 49.7 Å². The molecule has 0 radical (unpaired) electrons. The number of carbonyl (C=O) groups excluding carboxylic acids is 1. The second-order valence-corrected chi connectivity index (χ2v) is 9.18. The summed E-state index contributed by atoms with van der Waals surface area (Å²) in [6.07, 6.45) is 1.06. The molecule has 0 atom stereocenters. The molecule has 0 bridgehead atoms. The standard InChI is InChI=1S/C19H22Cl2N2O4S/c1-13(2)27-16-6-4-5-14(9-16)11-22-19(24)12-23(28(3,25)26)15-7-8-17(20)18(21)10-15/h4-10,13H,11-12H2,1-3H3,(H,22,24). The molecule has 0 aliphatic rings. The first-order valence-electron chi connectivity index (χ1n) is 8.51. The number of hydrogen-bond acceptors (Lipinski definition) is 4. The lowest BCUT2D eigenvalue weighted by Crippen LogP contribution is -2.40. The van der Waals surface area contributed by atoms with Crippen molar-refractivity contribution in [2.75, 3.05) is 17.1 Å². The molecule has 0 saturated heterocycles. The molecule has 152 valence electrons. The molecule has 28 heavy (non-hydrogen) atoms. The third-order valence-electron chi connectivity index (χ3n) is 3.64. The molecule has 2 aromatic carbocycles. The highest BCUT2D eigenvalue weighted by Gasteiger charge is 2.21. The molecule has 2 rings (SSSR count). The smallest absolute Gasteiger partial charge is 0.241 e. The zero-order valence-electron chi connectivity index (χ0n) is 15.8. The van der Waals surface area contributed by atoms with Gasteiger partial charge in [0.05, 0.1) is 28.1 Å². The van der Waals surface area contributed by atoms with E-state index in [4.69, 9.17) is 27.9 Å². The Morgan fingerprint density at radius 3 is 2.46 bits per heavy atom. The van der Waals surface area contributed by atoms with Gasteiger partial charge in [-0.2, -0.15) is 0 Å². The van der Waals surface area contributed by atoms with Crippen molar-refractivity contribution < 1.29 is 17.9 Å². The number of halogens is 2. The maximum absolute atomic E-state index is 12.4. The van der Waals surface area contributed by atoms with Crippen LogP contribution >= 0.6 is 23.2 Å². The summed E-state index contributed by atoms with van der Waals surface area (Å²) in [6.45, 7) is 3.72. The number of nitrogens with one attached hydrogen (secondary N) is 1. The summed E-state index contributed by atoms with van der Waals surface area (Å²) in [6, 6.07) is 11.7. The van der Waals surface area contributed by atoms with E-state index in [-0.39, 0.29) is 29.9 Å². The Morgan fingerprint density at radius 2 is 1.86 bits per heavy atom. The van der Waals surface area contributed by atoms with Gasteiger partial charge in [-0.15, -0.1) is 0 Å². The number of amides is 1. The van der Waals surface area contributed by atoms with Crippen LogP contribution in [-0.2, 0) is 21.4 Å². The van der Waals surface area contributed by atoms with E-state index in [1.807, 2.05) is 38.1 Å². The van der Waals surface area contributed by atoms with Crippen molar-refractivity contribution in [2.24, 2.45) is 0 Å². The van der Waals surface area contributed by atoms with Crippen LogP contribution in [-0.4, -0.2) is 33.2 Å². The number of nitrogens with zero attached hydrogens (tertiary/aromatic N) is 1. The van der Waals surface area contributed by atoms with Gasteiger partial charge in [0.15, 0.2) is 0 Å². The second-order valence-electron chi connectivity index (χ2n) is 6.46. The number of carbonyl (C=O) groups is 1. The van der Waals surface area contributed by atoms with E-state index in [0.29, 0.717) is 10.8 Å². The quantitative estimate of drug-likeness (QED) is 0.670. The Labute approximate surface area is 175 Å². The van der Waals surface area contributed by atoms with E-state index < -0.39 is 15.9 Å². The minimum Gasteiger partial charge on any atom is -0.491 e. The molecule has 9 heteroatoms. The minimum atomic E-state index is -3.70. The summed E-state index contributed by atoms with van der Waals surface area (Å²) in [5.74, 6) is 0.252. The molecular formula is C19H22Cl2N2O4S. The number of ether oxygens (including phenoxy) is 1. The predicted molar refractivity (Wildman–Crippen MR) is 113 cm³/mol. The van der Waals surface area contributed by atoms with Crippen LogP contribution in [0.2, 0.25) is 10.0 Å². The molecule has 6 nitrogen and oxygen atoms in total. The molecule has 0 fully saturated rings. The molecule has 0 aliphatic carbocycles. The van der Waals surface area contributed by atoms with Crippen LogP contribution in [0.5, 0.6) is 5.75 Å². The lowest BCUT2D eigenvalue weighted by Gasteiger charge is -2.22. The normalized spacial score (nSPS) is 11.4. The third kappa shape index (κ3) is 6.58. The molecule has 0 aromatic heterocycles. The van der Waals surface area contributed by atoms with E-state index in [0.717, 1.165) is 16.1 Å². The van der Waals surface area contributed by atoms with Crippen molar-refractivity contribution in [1.29, 1.82) is 0 Å². The highest BCUT2D eigenvalue weighted by atomic mass is 35.5. The fourth-order valence-corrected chi connectivity index (χ4v) is 3.57. The van der Waals surface area contributed by atoms with Crippen molar-refractivity contribution in [1.82, 2.24) is 5.32 Å². The predicted octanol–water partition coefficient (Wildman–Crippen LogP) is 3.86. The van der Waals surface area contributed by atoms with Crippen LogP contribution in [0, 0.1) is 0 Å². The molecule has 0 heterocycles. The van der Waals surface area contributed by atoms with Crippen molar-refractivity contribution in [2.45, 2.75) is 26.5 Å². The fourth-order valence-electron chi connectivity index (χ4n) is 2.43. The van der Waals surface area contributed by atoms with Crippen molar-refractivity contribution in [3.8, 4) is 5.75 Å². The Balaban J connectivity index is 2.07. The van der Waals surface area contributed by atoms with Crippen LogP contribution in [0.3, 0.4) is 0 Å². The summed E-state index contributed by atoms with van der Waals surface area (Å²) < 4.78 is 30.9. The lowest BCUT2D eigenvalue weighted by atomic mass is 10.2. The van der Waals surface area contributed by atoms with Crippen molar-refractivity contribution in [3.05, 3.63) is 58.1 Å². The monoisotopic (exact) mass is 444 g/mol. The van der Waals surface area contributed by atoms with E-state index in [9.17, 15) is 13.2 Å². The van der Waals surface area contributed by atoms with Crippen LogP contribution < -0.4 is 14.4 Å². The summed E-state index contributed by atoms with van der Waals surface area (Å²) >= 11 is 11.8. The highest BCUT2D eigenvalue weighted by Crippen LogP contribution is 2.28. The number of benzene rings is 2. The first-order valence-corrected chi connectivity index (χ1v) is 11.1. The summed E-state index contributed by atoms with van der Waals surface area (Å²) in [4.78, 5) is 12.4. The number of anilines is 1. The molecule has 1 amide bonds. The van der Waals surface area contributed by atoms with E-state index in [2.05, 4.69) is 5.32 Å². The number of rotatable bonds is 8. The number of hydrogen-bond donors (Lipinski definition) is 1. The molecule has 0 spiro atoms. The Morgan fingerprint density at radius 1 is 1.14 bits per heavy atom. The highest BCUT2D eigenvalue weighted by molar-refractivity contribution is 7.92. The van der Waals surface area contributed by atoms with Gasteiger partial charge in [-0.25, -0.2) is 8.42 Å². The summed E-state index contributed by atoms with van der Waals surface area (Å²) in [7, 11) is -3.70. The number of sulfonamides is 1. The van der Waals surface area contributed by atoms with Crippen molar-refractivity contribution >= 4 is 44.8 Å². The minimum absolute atomic E-state index is 0.0411. The Hall–Kier alpha value is -1.96. The van der Waals surface area contributed by atoms with Gasteiger partial charge in [-0.3, -0.25) is 9.10 Å². The van der Waals surface area contributed by atoms with Gasteiger partial charge in [0.1, 0.15) is 12.3 Å². The largest absolute Gasteiger partial charge is 0.491 e. The summed E-state index contributed by atoms with van der Waals surface area (Å²) in [5.41, 5.74) is 1.10. The van der Waals surface area contributed by atoms with Gasteiger partial charge < -0.3 is 10.1 Å². The lowest BCUT2D eigenvalue weighted by molar-refractivity contribution is -0.119. The first-order chi connectivity index (χ1) is 13.1. The zero-order valence-corrected chi connectivity index (χ0v) is 18.1. The maximum Gasteiger partial charge on any atom is 0.241 e. The van der Waals surface area contributed by atoms with Crippen molar-refractivity contribution in [3.63, 3.8) is 0 Å². The van der Waals surface area contributed by atoms with E-state index in [1.54, 1.807) is 0 Å². The third-order valence-corrected chi connectivity index (χ3v) is 5.52. The second kappa shape index (κ2) is 9.49. The average molecular weight is 445 g/mol. The molecular weight excluding hydrogens is 423 g/mol. The summed E-state index contributed by atoms with van der Waals surface area (Å²) in [5, 5.41) is 3.22. The fraction of sp³-hybridized carbons (Fsp3) is 0.316. The first kappa shape index (κ1) is 22.3. The van der Waals surface area contributed by atoms with Crippen LogP contribution in [0.1, 0.15) is 19.4 Å². The SMILES string of the molecule is CC(C)Oc1cccc(CNC(=O)CN(c2ccc(Cl)c(Cl)c2)S(C)(=O)=O)c1. The average Bonchev–Trinajstić information content (AvgIpc) is 2.59. The van der Waals surface area contributed by atoms with Gasteiger partial charge in [0.25, 0.3) is 0 Å². The molecule has 1 N–H and O–H groups in total. The van der Waals surface area contributed by atoms with Gasteiger partial charge >= 0.3 is 0 Å². The maximum atomic E-state index is 12.4. The van der Waals surface area contributed by atoms with Gasteiger partial charge in [0, 0.05) is 6.54 Å². The molecule has 0 saturated carbocycles. The Kier molecular flexibility index (Phi) is 7.57. The van der Waals surface area contributed by atoms with Crippen LogP contribution in [0.25, 0.3) is 0 Å². The molecule has 0 unspecified atom stereocenters. The van der Waals surface area contributed by atoms with E-state index >= 15 is 0 Å². The van der Waals surface area contributed by atoms with Gasteiger partial charge in [-0.1, -0.05) is 35.3 Å². The van der Waals surface area contributed by atoms with Crippen LogP contribution in [0.15, 0.2) is 42.5 Å². The zero-order chi connectivity index (χ0) is 20.9. The van der Waals surface area contributed by atoms with Gasteiger partial charge in [0.2, 0.25) is 15.9 Å². The molecule has 0 aliphatic heterocycles. The molecule has 2 aromatic rings. The van der Waals surface area contributed by atoms with E-state index in [1.165, 1.54) is 18.2 Å². The topological polar surface area (TPSA) is 75.7 Å². The van der Waals surface area contributed by atoms with Crippen LogP contribution in [0.4, 0.5) is 5.69 Å². The Bertz CT molecular complexity index is 949.